The van der Waals surface area contributed by atoms with Gasteiger partial charge in [-0.05, 0) is 55.7 Å². The van der Waals surface area contributed by atoms with Gasteiger partial charge in [-0.3, -0.25) is 9.59 Å². The first-order valence-corrected chi connectivity index (χ1v) is 9.27. The number of nitrogens with zero attached hydrogens (tertiary/aromatic N) is 3. The molecule has 1 aliphatic rings. The minimum atomic E-state index is -0.461. The highest BCUT2D eigenvalue weighted by Crippen LogP contribution is 2.27. The molecule has 0 saturated carbocycles. The minimum Gasteiger partial charge on any atom is -0.438 e. The third-order valence-electron chi connectivity index (χ3n) is 4.74. The van der Waals surface area contributed by atoms with Crippen LogP contribution in [0.25, 0.3) is 0 Å². The fourth-order valence-corrected chi connectivity index (χ4v) is 3.27. The van der Waals surface area contributed by atoms with Gasteiger partial charge in [0.1, 0.15) is 23.4 Å². The molecule has 1 saturated heterocycles. The van der Waals surface area contributed by atoms with Gasteiger partial charge < -0.3 is 15.0 Å². The predicted octanol–water partition coefficient (Wildman–Crippen LogP) is 3.39. The van der Waals surface area contributed by atoms with Gasteiger partial charge in [-0.25, -0.2) is 4.98 Å². The van der Waals surface area contributed by atoms with Gasteiger partial charge in [0, 0.05) is 24.8 Å². The fourth-order valence-electron chi connectivity index (χ4n) is 3.27. The summed E-state index contributed by atoms with van der Waals surface area (Å²) in [5.41, 5.74) is 1.81. The van der Waals surface area contributed by atoms with Crippen LogP contribution in [-0.4, -0.2) is 34.3 Å². The maximum Gasteiger partial charge on any atom is 0.247 e. The Bertz CT molecular complexity index is 935. The van der Waals surface area contributed by atoms with Crippen molar-refractivity contribution in [1.29, 1.82) is 5.26 Å². The normalized spacial score (nSPS) is 14.5. The number of hydrogen-bond donors (Lipinski definition) is 1. The number of nitriles is 1. The molecule has 0 aliphatic carbocycles. The molecule has 1 atom stereocenters. The van der Waals surface area contributed by atoms with Gasteiger partial charge >= 0.3 is 0 Å². The number of carbonyl (C=O) groups is 2. The number of amides is 2. The molecule has 144 valence electrons. The van der Waals surface area contributed by atoms with E-state index in [0.29, 0.717) is 36.4 Å². The lowest BCUT2D eigenvalue weighted by molar-refractivity contribution is -0.135. The third kappa shape index (κ3) is 4.12. The number of aromatic nitrogens is 1. The molecule has 1 aliphatic heterocycles. The number of pyridine rings is 1. The second kappa shape index (κ2) is 8.53. The summed E-state index contributed by atoms with van der Waals surface area (Å²) in [6.07, 6.45) is 3.43. The predicted molar refractivity (Wildman–Crippen MR) is 104 cm³/mol. The zero-order valence-electron chi connectivity index (χ0n) is 15.9. The monoisotopic (exact) mass is 378 g/mol. The first-order valence-electron chi connectivity index (χ1n) is 9.27. The smallest absolute Gasteiger partial charge is 0.247 e. The van der Waals surface area contributed by atoms with Crippen molar-refractivity contribution in [2.75, 3.05) is 11.9 Å². The number of likely N-dealkylation sites (tertiary alicyclic amines) is 1. The maximum absolute atomic E-state index is 12.7. The van der Waals surface area contributed by atoms with Gasteiger partial charge in [0.25, 0.3) is 0 Å². The van der Waals surface area contributed by atoms with Crippen LogP contribution in [-0.2, 0) is 9.59 Å². The summed E-state index contributed by atoms with van der Waals surface area (Å²) in [5, 5.41) is 12.0. The average molecular weight is 378 g/mol. The van der Waals surface area contributed by atoms with Gasteiger partial charge in [0.15, 0.2) is 0 Å². The van der Waals surface area contributed by atoms with Crippen molar-refractivity contribution in [1.82, 2.24) is 9.88 Å². The van der Waals surface area contributed by atoms with E-state index in [2.05, 4.69) is 10.3 Å². The summed E-state index contributed by atoms with van der Waals surface area (Å²) >= 11 is 0. The van der Waals surface area contributed by atoms with Crippen LogP contribution >= 0.6 is 0 Å². The van der Waals surface area contributed by atoms with Crippen LogP contribution in [0.2, 0.25) is 0 Å². The molecule has 2 amide bonds. The Labute approximate surface area is 163 Å². The standard InChI is InChI=1S/C21H22N4O3/c1-3-18(25-11-5-7-19(25)26)20(27)24-17-9-8-16(12-14(17)2)28-21-15(13-22)6-4-10-23-21/h4,6,8-10,12,18H,3,5,7,11H2,1-2H3,(H,24,27)/t18-/m1/s1. The van der Waals surface area contributed by atoms with Crippen molar-refractivity contribution in [3.63, 3.8) is 0 Å². The van der Waals surface area contributed by atoms with Crippen LogP contribution in [0.5, 0.6) is 11.6 Å². The summed E-state index contributed by atoms with van der Waals surface area (Å²) in [5.74, 6) is 0.601. The number of nitrogens with one attached hydrogen (secondary N) is 1. The highest BCUT2D eigenvalue weighted by atomic mass is 16.5. The van der Waals surface area contributed by atoms with Crippen molar-refractivity contribution in [2.24, 2.45) is 0 Å². The first-order chi connectivity index (χ1) is 13.5. The average Bonchev–Trinajstić information content (AvgIpc) is 3.11. The number of hydrogen-bond acceptors (Lipinski definition) is 5. The number of anilines is 1. The number of benzene rings is 1. The van der Waals surface area contributed by atoms with Gasteiger partial charge in [-0.1, -0.05) is 6.92 Å². The molecule has 0 bridgehead atoms. The molecule has 1 aromatic carbocycles. The van der Waals surface area contributed by atoms with Gasteiger partial charge in [-0.2, -0.15) is 5.26 Å². The zero-order valence-corrected chi connectivity index (χ0v) is 15.9. The molecule has 3 rings (SSSR count). The summed E-state index contributed by atoms with van der Waals surface area (Å²) in [7, 11) is 0. The second-order valence-electron chi connectivity index (χ2n) is 6.65. The molecule has 0 radical (unpaired) electrons. The summed E-state index contributed by atoms with van der Waals surface area (Å²) < 4.78 is 5.71. The van der Waals surface area contributed by atoms with E-state index in [-0.39, 0.29) is 17.7 Å². The Morgan fingerprint density at radius 3 is 2.89 bits per heavy atom. The van der Waals surface area contributed by atoms with E-state index in [9.17, 15) is 9.59 Å². The van der Waals surface area contributed by atoms with E-state index < -0.39 is 6.04 Å². The minimum absolute atomic E-state index is 0.0335. The van der Waals surface area contributed by atoms with Crippen molar-refractivity contribution in [2.45, 2.75) is 39.2 Å². The Kier molecular flexibility index (Phi) is 5.90. The first kappa shape index (κ1) is 19.4. The number of aryl methyl sites for hydroxylation is 1. The molecule has 7 heteroatoms. The molecular formula is C21H22N4O3. The number of ether oxygens (including phenoxy) is 1. The van der Waals surface area contributed by atoms with Gasteiger partial charge in [0.05, 0.1) is 0 Å². The molecule has 2 heterocycles. The largest absolute Gasteiger partial charge is 0.438 e. The van der Waals surface area contributed by atoms with Crippen molar-refractivity contribution < 1.29 is 14.3 Å². The Morgan fingerprint density at radius 1 is 1.43 bits per heavy atom. The van der Waals surface area contributed by atoms with Crippen LogP contribution in [0.1, 0.15) is 37.3 Å². The van der Waals surface area contributed by atoms with E-state index in [1.807, 2.05) is 19.9 Å². The van der Waals surface area contributed by atoms with E-state index in [1.54, 1.807) is 41.4 Å². The lowest BCUT2D eigenvalue weighted by atomic mass is 10.1. The molecule has 1 aromatic heterocycles. The summed E-state index contributed by atoms with van der Waals surface area (Å²) in [6.45, 7) is 4.38. The van der Waals surface area contributed by atoms with E-state index in [0.717, 1.165) is 12.0 Å². The Morgan fingerprint density at radius 2 is 2.25 bits per heavy atom. The molecule has 1 N–H and O–H groups in total. The Hall–Kier alpha value is -3.40. The number of rotatable bonds is 6. The molecule has 0 unspecified atom stereocenters. The van der Waals surface area contributed by atoms with Crippen LogP contribution in [0.4, 0.5) is 5.69 Å². The van der Waals surface area contributed by atoms with Crippen LogP contribution in [0.3, 0.4) is 0 Å². The van der Waals surface area contributed by atoms with Crippen LogP contribution in [0.15, 0.2) is 36.5 Å². The van der Waals surface area contributed by atoms with E-state index in [4.69, 9.17) is 10.00 Å². The highest BCUT2D eigenvalue weighted by Gasteiger charge is 2.31. The maximum atomic E-state index is 12.7. The van der Waals surface area contributed by atoms with Crippen LogP contribution in [0, 0.1) is 18.3 Å². The van der Waals surface area contributed by atoms with Gasteiger partial charge in [0.2, 0.25) is 17.7 Å². The highest BCUT2D eigenvalue weighted by molar-refractivity contribution is 5.98. The van der Waals surface area contributed by atoms with Crippen molar-refractivity contribution >= 4 is 17.5 Å². The zero-order chi connectivity index (χ0) is 20.1. The van der Waals surface area contributed by atoms with Gasteiger partial charge in [-0.15, -0.1) is 0 Å². The summed E-state index contributed by atoms with van der Waals surface area (Å²) in [4.78, 5) is 30.4. The third-order valence-corrected chi connectivity index (χ3v) is 4.74. The molecule has 2 aromatic rings. The Balaban J connectivity index is 1.72. The molecule has 28 heavy (non-hydrogen) atoms. The molecule has 0 spiro atoms. The summed E-state index contributed by atoms with van der Waals surface area (Å²) in [6, 6.07) is 10.1. The lowest BCUT2D eigenvalue weighted by Crippen LogP contribution is -2.44. The molecule has 1 fully saturated rings. The number of carbonyl (C=O) groups excluding carboxylic acids is 2. The van der Waals surface area contributed by atoms with Crippen molar-refractivity contribution in [3.8, 4) is 17.7 Å². The van der Waals surface area contributed by atoms with E-state index in [1.165, 1.54) is 0 Å². The fraction of sp³-hybridized carbons (Fsp3) is 0.333. The topological polar surface area (TPSA) is 95.3 Å². The quantitative estimate of drug-likeness (QED) is 0.831. The lowest BCUT2D eigenvalue weighted by Gasteiger charge is -2.26. The van der Waals surface area contributed by atoms with E-state index >= 15 is 0 Å². The SMILES string of the molecule is CC[C@H](C(=O)Nc1ccc(Oc2ncccc2C#N)cc1C)N1CCCC1=O. The van der Waals surface area contributed by atoms with Crippen molar-refractivity contribution in [3.05, 3.63) is 47.7 Å². The second-order valence-corrected chi connectivity index (χ2v) is 6.65. The molecular weight excluding hydrogens is 356 g/mol. The van der Waals surface area contributed by atoms with Crippen LogP contribution < -0.4 is 10.1 Å². The molecule has 7 nitrogen and oxygen atoms in total.